The molecular formula is C43H52ClN13S. The van der Waals surface area contributed by atoms with Gasteiger partial charge in [-0.1, -0.05) is 36.8 Å². The predicted octanol–water partition coefficient (Wildman–Crippen LogP) is 8.95. The van der Waals surface area contributed by atoms with E-state index in [4.69, 9.17) is 16.6 Å². The summed E-state index contributed by atoms with van der Waals surface area (Å²) in [6.45, 7) is 17.7. The Bertz CT molecular complexity index is 2460. The van der Waals surface area contributed by atoms with E-state index in [2.05, 4.69) is 93.6 Å². The molecular weight excluding hydrogens is 766 g/mol. The highest BCUT2D eigenvalue weighted by Gasteiger charge is 2.16. The van der Waals surface area contributed by atoms with Crippen LogP contribution in [0.3, 0.4) is 0 Å². The van der Waals surface area contributed by atoms with Crippen molar-refractivity contribution >= 4 is 56.0 Å². The topological polar surface area (TPSA) is 131 Å². The largest absolute Gasteiger partial charge is 0.315 e. The van der Waals surface area contributed by atoms with E-state index in [-0.39, 0.29) is 0 Å². The summed E-state index contributed by atoms with van der Waals surface area (Å²) in [5.74, 6) is 1.10. The number of fused-ring (bicyclic) bond motifs is 2. The van der Waals surface area contributed by atoms with Gasteiger partial charge in [-0.3, -0.25) is 19.3 Å². The molecule has 0 saturated carbocycles. The fourth-order valence-electron chi connectivity index (χ4n) is 7.79. The maximum atomic E-state index is 6.00. The highest BCUT2D eigenvalue weighted by atomic mass is 35.5. The van der Waals surface area contributed by atoms with E-state index < -0.39 is 0 Å². The van der Waals surface area contributed by atoms with Crippen molar-refractivity contribution in [2.75, 3.05) is 44.6 Å². The lowest BCUT2D eigenvalue weighted by atomic mass is 10.1. The molecule has 15 heteroatoms. The van der Waals surface area contributed by atoms with Crippen molar-refractivity contribution in [3.63, 3.8) is 0 Å². The molecule has 0 unspecified atom stereocenters. The molecule has 2 saturated heterocycles. The van der Waals surface area contributed by atoms with E-state index in [0.29, 0.717) is 11.1 Å². The van der Waals surface area contributed by atoms with Crippen LogP contribution in [0.15, 0.2) is 61.2 Å². The molecule has 7 aromatic heterocycles. The molecule has 0 aromatic carbocycles. The Balaban J connectivity index is 0.000000168. The van der Waals surface area contributed by atoms with E-state index >= 15 is 0 Å². The summed E-state index contributed by atoms with van der Waals surface area (Å²) < 4.78 is 4.21. The Morgan fingerprint density at radius 2 is 1.19 bits per heavy atom. The molecule has 2 aliphatic rings. The van der Waals surface area contributed by atoms with Crippen molar-refractivity contribution in [1.82, 2.24) is 59.5 Å². The Morgan fingerprint density at radius 3 is 1.72 bits per heavy atom. The minimum atomic E-state index is 0.360. The number of likely N-dealkylation sites (tertiary alicyclic amines) is 2. The summed E-state index contributed by atoms with van der Waals surface area (Å²) in [7, 11) is 0. The van der Waals surface area contributed by atoms with Crippen molar-refractivity contribution in [3.8, 4) is 22.3 Å². The molecule has 2 aliphatic heterocycles. The van der Waals surface area contributed by atoms with E-state index in [1.165, 1.54) is 63.3 Å². The third-order valence-electron chi connectivity index (χ3n) is 11.1. The molecule has 1 N–H and O–H groups in total. The Hall–Kier alpha value is -4.89. The number of hydrogen-bond donors (Lipinski definition) is 1. The van der Waals surface area contributed by atoms with Crippen molar-refractivity contribution in [2.45, 2.75) is 85.2 Å². The highest BCUT2D eigenvalue weighted by molar-refractivity contribution is 7.15. The number of aromatic nitrogens is 10. The number of hydrogen-bond acceptors (Lipinski definition) is 12. The van der Waals surface area contributed by atoms with Crippen molar-refractivity contribution in [3.05, 3.63) is 82.7 Å². The maximum absolute atomic E-state index is 6.00. The molecule has 0 spiro atoms. The van der Waals surface area contributed by atoms with Crippen molar-refractivity contribution < 1.29 is 0 Å². The van der Waals surface area contributed by atoms with Crippen LogP contribution in [0.4, 0.5) is 10.9 Å². The minimum absolute atomic E-state index is 0.360. The van der Waals surface area contributed by atoms with E-state index in [9.17, 15) is 0 Å². The Kier molecular flexibility index (Phi) is 12.6. The van der Waals surface area contributed by atoms with Crippen LogP contribution in [-0.4, -0.2) is 98.8 Å². The van der Waals surface area contributed by atoms with Crippen LogP contribution in [0.2, 0.25) is 5.15 Å². The lowest BCUT2D eigenvalue weighted by Crippen LogP contribution is -2.21. The summed E-state index contributed by atoms with van der Waals surface area (Å²) >= 11 is 7.56. The van der Waals surface area contributed by atoms with Gasteiger partial charge in [-0.05, 0) is 128 Å². The molecule has 9 rings (SSSR count). The van der Waals surface area contributed by atoms with Gasteiger partial charge in [0.05, 0.1) is 34.5 Å². The summed E-state index contributed by atoms with van der Waals surface area (Å²) in [6.07, 6.45) is 15.3. The fourth-order valence-corrected chi connectivity index (χ4v) is 8.70. The summed E-state index contributed by atoms with van der Waals surface area (Å²) in [5.41, 5.74) is 9.99. The monoisotopic (exact) mass is 817 g/mol. The number of nitrogens with zero attached hydrogens (tertiary/aromatic N) is 12. The zero-order chi connectivity index (χ0) is 40.0. The number of nitrogens with one attached hydrogen (secondary N) is 1. The smallest absolute Gasteiger partial charge is 0.211 e. The molecule has 302 valence electrons. The second-order valence-corrected chi connectivity index (χ2v) is 17.0. The molecule has 13 nitrogen and oxygen atoms in total. The van der Waals surface area contributed by atoms with Crippen molar-refractivity contribution in [2.24, 2.45) is 0 Å². The van der Waals surface area contributed by atoms with Gasteiger partial charge in [-0.2, -0.15) is 10.2 Å². The van der Waals surface area contributed by atoms with Crippen LogP contribution in [0.25, 0.3) is 44.3 Å². The molecule has 58 heavy (non-hydrogen) atoms. The van der Waals surface area contributed by atoms with Gasteiger partial charge in [0.1, 0.15) is 16.0 Å². The lowest BCUT2D eigenvalue weighted by Gasteiger charge is -2.14. The summed E-state index contributed by atoms with van der Waals surface area (Å²) in [6, 6.07) is 11.7. The highest BCUT2D eigenvalue weighted by Crippen LogP contribution is 2.29. The van der Waals surface area contributed by atoms with Crippen LogP contribution in [0.1, 0.15) is 74.7 Å². The normalized spacial score (nSPS) is 14.9. The molecule has 2 fully saturated rings. The maximum Gasteiger partial charge on any atom is 0.211 e. The predicted molar refractivity (Wildman–Crippen MR) is 234 cm³/mol. The first kappa shape index (κ1) is 39.9. The Morgan fingerprint density at radius 1 is 0.655 bits per heavy atom. The second kappa shape index (κ2) is 18.4. The van der Waals surface area contributed by atoms with E-state index in [1.54, 1.807) is 17.4 Å². The number of rotatable bonds is 13. The molecule has 9 heterocycles. The van der Waals surface area contributed by atoms with Gasteiger partial charge in [-0.15, -0.1) is 10.2 Å². The number of anilines is 2. The summed E-state index contributed by atoms with van der Waals surface area (Å²) in [5, 5.41) is 23.2. The van der Waals surface area contributed by atoms with E-state index in [0.717, 1.165) is 99.3 Å². The SMILES string of the molecule is Cc1c(-c2cnc3ccc(Cl)nc3c2)cnn1CCCN1CCCC1.Cc1c(-c2cnc3ccc(Nc4nnc(C(C)C)s4)nc3c2)cnn1CCCN1CCCC1. The van der Waals surface area contributed by atoms with Crippen molar-refractivity contribution in [1.29, 1.82) is 0 Å². The minimum Gasteiger partial charge on any atom is -0.315 e. The molecule has 0 aliphatic carbocycles. The average molecular weight is 818 g/mol. The van der Waals surface area contributed by atoms with E-state index in [1.807, 2.05) is 49.1 Å². The van der Waals surface area contributed by atoms with Gasteiger partial charge >= 0.3 is 0 Å². The molecule has 0 radical (unpaired) electrons. The first-order valence-corrected chi connectivity index (χ1v) is 21.8. The number of pyridine rings is 4. The van der Waals surface area contributed by atoms with Crippen LogP contribution in [0, 0.1) is 13.8 Å². The zero-order valence-electron chi connectivity index (χ0n) is 33.9. The Labute approximate surface area is 348 Å². The van der Waals surface area contributed by atoms with Gasteiger partial charge in [0, 0.05) is 65.0 Å². The molecule has 0 amide bonds. The van der Waals surface area contributed by atoms with Crippen LogP contribution < -0.4 is 5.32 Å². The van der Waals surface area contributed by atoms with Gasteiger partial charge < -0.3 is 15.1 Å². The van der Waals surface area contributed by atoms with Gasteiger partial charge in [0.25, 0.3) is 0 Å². The zero-order valence-corrected chi connectivity index (χ0v) is 35.5. The number of halogens is 1. The summed E-state index contributed by atoms with van der Waals surface area (Å²) in [4.78, 5) is 23.4. The van der Waals surface area contributed by atoms with Gasteiger partial charge in [0.15, 0.2) is 0 Å². The van der Waals surface area contributed by atoms with Gasteiger partial charge in [0.2, 0.25) is 5.13 Å². The second-order valence-electron chi connectivity index (χ2n) is 15.6. The molecule has 0 atom stereocenters. The first-order chi connectivity index (χ1) is 28.3. The lowest BCUT2D eigenvalue weighted by molar-refractivity contribution is 0.321. The van der Waals surface area contributed by atoms with Gasteiger partial charge in [-0.25, -0.2) is 9.97 Å². The van der Waals surface area contributed by atoms with Crippen LogP contribution in [-0.2, 0) is 13.1 Å². The van der Waals surface area contributed by atoms with Crippen LogP contribution in [0.5, 0.6) is 0 Å². The van der Waals surface area contributed by atoms with Crippen LogP contribution >= 0.6 is 22.9 Å². The standard InChI is InChI=1S/C24H30N8S.C19H22ClN5/c1-16(2)23-29-30-24(33-23)28-22-8-7-20-21(27-22)13-18(14-25-20)19-15-26-32(17(19)3)12-6-11-31-9-4-5-10-31;1-14-16(13-22-25(14)10-4-9-24-7-2-3-8-24)15-11-18-17(21-12-15)5-6-19(20)23-18/h7-8,13-16H,4-6,9-12H2,1-3H3,(H,27,28,30);5-6,11-13H,2-4,7-10H2,1H3. The first-order valence-electron chi connectivity index (χ1n) is 20.6. The fraction of sp³-hybridized carbons (Fsp3) is 0.442. The molecule has 7 aromatic rings. The average Bonchev–Trinajstić information content (AvgIpc) is 4.09. The molecule has 0 bridgehead atoms. The quantitative estimate of drug-likeness (QED) is 0.112. The third-order valence-corrected chi connectivity index (χ3v) is 12.5. The third kappa shape index (κ3) is 9.52. The number of aryl methyl sites for hydroxylation is 2.